The van der Waals surface area contributed by atoms with E-state index in [-0.39, 0.29) is 0 Å². The molecular weight excluding hydrogens is 244 g/mol. The van der Waals surface area contributed by atoms with E-state index in [1.54, 1.807) is 6.20 Å². The lowest BCUT2D eigenvalue weighted by Crippen LogP contribution is -1.87. The molecule has 0 amide bonds. The summed E-state index contributed by atoms with van der Waals surface area (Å²) in [4.78, 5) is 20.2. The van der Waals surface area contributed by atoms with Crippen molar-refractivity contribution in [2.75, 3.05) is 0 Å². The number of carbonyl (C=O) groups is 1. The van der Waals surface area contributed by atoms with Gasteiger partial charge in [-0.05, 0) is 19.1 Å². The molecule has 1 aromatic carbocycles. The lowest BCUT2D eigenvalue weighted by atomic mass is 10.1. The third-order valence-electron chi connectivity index (χ3n) is 2.71. The van der Waals surface area contributed by atoms with Gasteiger partial charge in [-0.3, -0.25) is 9.78 Å². The minimum absolute atomic E-state index is 0.642. The molecule has 0 bridgehead atoms. The largest absolute Gasteiger partial charge is 0.297 e. The predicted molar refractivity (Wildman–Crippen MR) is 73.0 cm³/mol. The second kappa shape index (κ2) is 4.31. The molecule has 0 atom stereocenters. The number of hydrogen-bond acceptors (Lipinski definition) is 4. The van der Waals surface area contributed by atoms with Crippen LogP contribution in [-0.2, 0) is 0 Å². The summed E-state index contributed by atoms with van der Waals surface area (Å²) in [6.07, 6.45) is 2.44. The van der Waals surface area contributed by atoms with E-state index in [0.29, 0.717) is 4.88 Å². The molecule has 0 N–H and O–H groups in total. The highest BCUT2D eigenvalue weighted by atomic mass is 32.1. The molecule has 0 saturated heterocycles. The van der Waals surface area contributed by atoms with Crippen molar-refractivity contribution in [3.63, 3.8) is 0 Å². The average molecular weight is 254 g/mol. The Morgan fingerprint density at radius 2 is 2.11 bits per heavy atom. The van der Waals surface area contributed by atoms with Gasteiger partial charge >= 0.3 is 0 Å². The van der Waals surface area contributed by atoms with Crippen LogP contribution < -0.4 is 0 Å². The first-order valence-electron chi connectivity index (χ1n) is 5.56. The molecule has 18 heavy (non-hydrogen) atoms. The Balaban J connectivity index is 2.30. The van der Waals surface area contributed by atoms with Gasteiger partial charge in [0.25, 0.3) is 0 Å². The first-order chi connectivity index (χ1) is 8.78. The molecule has 0 spiro atoms. The molecule has 2 aromatic heterocycles. The van der Waals surface area contributed by atoms with Crippen molar-refractivity contribution in [1.82, 2.24) is 9.97 Å². The molecule has 0 aliphatic heterocycles. The maximum Gasteiger partial charge on any atom is 0.161 e. The Labute approximate surface area is 108 Å². The number of fused-ring (bicyclic) bond motifs is 1. The number of aryl methyl sites for hydroxylation is 1. The van der Waals surface area contributed by atoms with E-state index in [2.05, 4.69) is 9.97 Å². The summed E-state index contributed by atoms with van der Waals surface area (Å²) < 4.78 is 0. The van der Waals surface area contributed by atoms with E-state index in [9.17, 15) is 4.79 Å². The fourth-order valence-electron chi connectivity index (χ4n) is 1.95. The maximum atomic E-state index is 10.7. The zero-order valence-corrected chi connectivity index (χ0v) is 10.6. The Morgan fingerprint density at radius 1 is 1.28 bits per heavy atom. The van der Waals surface area contributed by atoms with Gasteiger partial charge in [-0.2, -0.15) is 0 Å². The van der Waals surface area contributed by atoms with Crippen molar-refractivity contribution in [2.45, 2.75) is 6.92 Å². The smallest absolute Gasteiger partial charge is 0.161 e. The monoisotopic (exact) mass is 254 g/mol. The van der Waals surface area contributed by atoms with Gasteiger partial charge in [-0.15, -0.1) is 11.3 Å². The van der Waals surface area contributed by atoms with Crippen molar-refractivity contribution >= 4 is 28.5 Å². The third kappa shape index (κ3) is 1.80. The van der Waals surface area contributed by atoms with Crippen LogP contribution in [0, 0.1) is 6.92 Å². The van der Waals surface area contributed by atoms with Crippen molar-refractivity contribution < 1.29 is 4.79 Å². The Bertz CT molecular complexity index is 733. The van der Waals surface area contributed by atoms with Gasteiger partial charge in [-0.1, -0.05) is 18.2 Å². The summed E-state index contributed by atoms with van der Waals surface area (Å²) in [7, 11) is 0. The maximum absolute atomic E-state index is 10.7. The highest BCUT2D eigenvalue weighted by Gasteiger charge is 2.09. The zero-order chi connectivity index (χ0) is 12.5. The number of nitrogens with zero attached hydrogens (tertiary/aromatic N) is 2. The first-order valence-corrected chi connectivity index (χ1v) is 6.37. The topological polar surface area (TPSA) is 42.9 Å². The number of benzene rings is 1. The van der Waals surface area contributed by atoms with E-state index in [1.807, 2.05) is 37.3 Å². The number of hydrogen-bond donors (Lipinski definition) is 0. The van der Waals surface area contributed by atoms with Crippen molar-refractivity contribution in [3.05, 3.63) is 47.1 Å². The number of aldehydes is 1. The summed E-state index contributed by atoms with van der Waals surface area (Å²) in [6.45, 7) is 1.96. The Hall–Kier alpha value is -2.07. The van der Waals surface area contributed by atoms with Crippen LogP contribution in [0.25, 0.3) is 21.5 Å². The Kier molecular flexibility index (Phi) is 2.64. The average Bonchev–Trinajstić information content (AvgIpc) is 2.86. The van der Waals surface area contributed by atoms with Crippen molar-refractivity contribution in [2.24, 2.45) is 0 Å². The van der Waals surface area contributed by atoms with Gasteiger partial charge in [0, 0.05) is 22.8 Å². The fourth-order valence-corrected chi connectivity index (χ4v) is 2.71. The van der Waals surface area contributed by atoms with Crippen LogP contribution >= 0.6 is 11.3 Å². The number of thiazole rings is 1. The van der Waals surface area contributed by atoms with Crippen LogP contribution in [0.4, 0.5) is 0 Å². The predicted octanol–water partition coefficient (Wildman–Crippen LogP) is 3.48. The summed E-state index contributed by atoms with van der Waals surface area (Å²) in [6, 6.07) is 9.98. The molecule has 0 aliphatic carbocycles. The van der Waals surface area contributed by atoms with Crippen LogP contribution in [0.2, 0.25) is 0 Å². The molecule has 0 saturated carbocycles. The quantitative estimate of drug-likeness (QED) is 0.657. The molecule has 3 aromatic rings. The highest BCUT2D eigenvalue weighted by Crippen LogP contribution is 2.31. The summed E-state index contributed by atoms with van der Waals surface area (Å²) in [5, 5.41) is 1.92. The second-order valence-electron chi connectivity index (χ2n) is 4.01. The van der Waals surface area contributed by atoms with E-state index in [1.165, 1.54) is 11.3 Å². The minimum Gasteiger partial charge on any atom is -0.297 e. The van der Waals surface area contributed by atoms with Crippen LogP contribution in [0.5, 0.6) is 0 Å². The normalized spacial score (nSPS) is 10.7. The highest BCUT2D eigenvalue weighted by molar-refractivity contribution is 7.16. The molecule has 0 fully saturated rings. The minimum atomic E-state index is 0.642. The van der Waals surface area contributed by atoms with Gasteiger partial charge in [0.2, 0.25) is 0 Å². The van der Waals surface area contributed by atoms with Crippen molar-refractivity contribution in [1.29, 1.82) is 0 Å². The van der Waals surface area contributed by atoms with Gasteiger partial charge in [-0.25, -0.2) is 4.98 Å². The van der Waals surface area contributed by atoms with Crippen LogP contribution in [0.3, 0.4) is 0 Å². The zero-order valence-electron chi connectivity index (χ0n) is 9.75. The molecule has 2 heterocycles. The molecule has 4 heteroatoms. The number of aromatic nitrogens is 2. The first kappa shape index (κ1) is 11.0. The van der Waals surface area contributed by atoms with E-state index < -0.39 is 0 Å². The second-order valence-corrected chi connectivity index (χ2v) is 5.08. The van der Waals surface area contributed by atoms with E-state index >= 15 is 0 Å². The number of pyridine rings is 1. The summed E-state index contributed by atoms with van der Waals surface area (Å²) >= 11 is 1.40. The SMILES string of the molecule is Cc1cc(-c2ncc(C=O)s2)c2ccccc2n1. The summed E-state index contributed by atoms with van der Waals surface area (Å²) in [5.74, 6) is 0. The van der Waals surface area contributed by atoms with Gasteiger partial charge in [0.05, 0.1) is 10.4 Å². The van der Waals surface area contributed by atoms with Gasteiger partial charge in [0.15, 0.2) is 6.29 Å². The Morgan fingerprint density at radius 3 is 2.89 bits per heavy atom. The van der Waals surface area contributed by atoms with E-state index in [4.69, 9.17) is 0 Å². The molecule has 3 nitrogen and oxygen atoms in total. The molecule has 0 radical (unpaired) electrons. The van der Waals surface area contributed by atoms with Crippen LogP contribution in [-0.4, -0.2) is 16.3 Å². The number of carbonyl (C=O) groups excluding carboxylic acids is 1. The van der Waals surface area contributed by atoms with Crippen LogP contribution in [0.1, 0.15) is 15.4 Å². The number of para-hydroxylation sites is 1. The third-order valence-corrected chi connectivity index (χ3v) is 3.67. The lowest BCUT2D eigenvalue weighted by Gasteiger charge is -2.04. The van der Waals surface area contributed by atoms with Gasteiger partial charge < -0.3 is 0 Å². The molecule has 3 rings (SSSR count). The molecule has 0 unspecified atom stereocenters. The molecular formula is C14H10N2OS. The van der Waals surface area contributed by atoms with Crippen LogP contribution in [0.15, 0.2) is 36.5 Å². The van der Waals surface area contributed by atoms with E-state index in [0.717, 1.165) is 33.5 Å². The summed E-state index contributed by atoms with van der Waals surface area (Å²) in [5.41, 5.74) is 2.94. The van der Waals surface area contributed by atoms with Gasteiger partial charge in [0.1, 0.15) is 5.01 Å². The van der Waals surface area contributed by atoms with Crippen molar-refractivity contribution in [3.8, 4) is 10.6 Å². The standard InChI is InChI=1S/C14H10N2OS/c1-9-6-12(14-15-7-10(8-17)18-14)11-4-2-3-5-13(11)16-9/h2-8H,1H3. The lowest BCUT2D eigenvalue weighted by molar-refractivity contribution is 0.112. The number of rotatable bonds is 2. The fraction of sp³-hybridized carbons (Fsp3) is 0.0714. The molecule has 88 valence electrons. The molecule has 0 aliphatic rings.